The summed E-state index contributed by atoms with van der Waals surface area (Å²) >= 11 is 0. The van der Waals surface area contributed by atoms with Crippen LogP contribution in [0.1, 0.15) is 31.1 Å². The molecule has 2 aromatic rings. The maximum Gasteiger partial charge on any atom is 0.317 e. The molecule has 5 N–H and O–H groups in total. The molecule has 0 aliphatic carbocycles. The van der Waals surface area contributed by atoms with Gasteiger partial charge in [-0.1, -0.05) is 0 Å². The number of rotatable bonds is 17. The predicted molar refractivity (Wildman–Crippen MR) is 217 cm³/mol. The number of carbonyl (C=O) groups is 5. The minimum absolute atomic E-state index is 0.0522. The average molecular weight is 839 g/mol. The van der Waals surface area contributed by atoms with Crippen LogP contribution in [0, 0.1) is 11.3 Å². The van der Waals surface area contributed by atoms with Crippen LogP contribution in [0.5, 0.6) is 5.75 Å². The number of carboxylic acids is 3. The Labute approximate surface area is 349 Å². The number of likely N-dealkylation sites (tertiary alicyclic amines) is 1. The Morgan fingerprint density at radius 3 is 1.85 bits per heavy atom. The number of hydrogen-bond acceptors (Lipinski definition) is 15. The molecule has 20 heteroatoms. The van der Waals surface area contributed by atoms with Crippen molar-refractivity contribution in [2.75, 3.05) is 131 Å². The largest absolute Gasteiger partial charge is 0.494 e. The van der Waals surface area contributed by atoms with E-state index in [0.717, 1.165) is 19.4 Å². The second kappa shape index (κ2) is 23.1. The molecule has 60 heavy (non-hydrogen) atoms. The summed E-state index contributed by atoms with van der Waals surface area (Å²) in [6, 6.07) is 8.88. The SMILES string of the molecule is N#C[C@@H]1CCCN1C(=O)CNC(O)c1ccnc2ccc(OCCCN3CCN(C(=O)CN4CCN(CC(=O)O)CCN(CC(=O)O)CCN(CC(=O)O)CC4)CC3)cc12. The van der Waals surface area contributed by atoms with Crippen LogP contribution in [0.4, 0.5) is 0 Å². The third-order valence-corrected chi connectivity index (χ3v) is 11.2. The molecule has 0 saturated carbocycles. The van der Waals surface area contributed by atoms with Crippen LogP contribution in [0.3, 0.4) is 0 Å². The maximum absolute atomic E-state index is 13.5. The highest BCUT2D eigenvalue weighted by atomic mass is 16.5. The molecule has 1 aromatic heterocycles. The maximum atomic E-state index is 13.5. The van der Waals surface area contributed by atoms with Crippen molar-refractivity contribution < 1.29 is 49.1 Å². The smallest absolute Gasteiger partial charge is 0.317 e. The van der Waals surface area contributed by atoms with Crippen molar-refractivity contribution in [3.05, 3.63) is 36.0 Å². The van der Waals surface area contributed by atoms with Gasteiger partial charge in [0.1, 0.15) is 18.0 Å². The van der Waals surface area contributed by atoms with Crippen LogP contribution in [0.25, 0.3) is 10.9 Å². The lowest BCUT2D eigenvalue weighted by Gasteiger charge is -2.37. The van der Waals surface area contributed by atoms with E-state index in [4.69, 9.17) is 4.74 Å². The Bertz CT molecular complexity index is 1790. The number of aromatic nitrogens is 1. The number of amides is 2. The minimum atomic E-state index is -1.14. The second-order valence-electron chi connectivity index (χ2n) is 15.4. The number of nitrogens with one attached hydrogen (secondary N) is 1. The number of carbonyl (C=O) groups excluding carboxylic acids is 2. The Kier molecular flexibility index (Phi) is 17.7. The molecule has 20 nitrogen and oxygen atoms in total. The van der Waals surface area contributed by atoms with E-state index in [1.807, 2.05) is 28.0 Å². The van der Waals surface area contributed by atoms with Crippen molar-refractivity contribution in [3.63, 3.8) is 0 Å². The van der Waals surface area contributed by atoms with Crippen LogP contribution in [0.2, 0.25) is 0 Å². The minimum Gasteiger partial charge on any atom is -0.494 e. The van der Waals surface area contributed by atoms with E-state index < -0.39 is 30.2 Å². The van der Waals surface area contributed by atoms with Gasteiger partial charge in [-0.05, 0) is 43.5 Å². The molecule has 328 valence electrons. The molecule has 1 aromatic carbocycles. The molecule has 3 saturated heterocycles. The summed E-state index contributed by atoms with van der Waals surface area (Å²) in [6.45, 7) is 6.20. The summed E-state index contributed by atoms with van der Waals surface area (Å²) in [5.74, 6) is -2.69. The zero-order valence-electron chi connectivity index (χ0n) is 34.1. The van der Waals surface area contributed by atoms with Crippen LogP contribution in [-0.4, -0.2) is 226 Å². The average Bonchev–Trinajstić information content (AvgIpc) is 3.71. The fourth-order valence-corrected chi connectivity index (χ4v) is 7.84. The number of aliphatic hydroxyl groups excluding tert-OH is 1. The number of piperazine rings is 1. The van der Waals surface area contributed by atoms with Crippen molar-refractivity contribution in [2.45, 2.75) is 31.5 Å². The van der Waals surface area contributed by atoms with Crippen LogP contribution >= 0.6 is 0 Å². The molecule has 2 amide bonds. The zero-order valence-corrected chi connectivity index (χ0v) is 34.1. The third kappa shape index (κ3) is 14.3. The molecule has 2 atom stereocenters. The Morgan fingerprint density at radius 2 is 1.30 bits per heavy atom. The van der Waals surface area contributed by atoms with Gasteiger partial charge in [-0.25, -0.2) is 0 Å². The number of fused-ring (bicyclic) bond motifs is 1. The molecule has 0 bridgehead atoms. The summed E-state index contributed by atoms with van der Waals surface area (Å²) in [5.41, 5.74) is 1.22. The summed E-state index contributed by atoms with van der Waals surface area (Å²) in [7, 11) is 0. The molecular weight excluding hydrogens is 780 g/mol. The fourth-order valence-electron chi connectivity index (χ4n) is 7.84. The van der Waals surface area contributed by atoms with Gasteiger partial charge in [0.15, 0.2) is 0 Å². The normalized spacial score (nSPS) is 20.2. The van der Waals surface area contributed by atoms with Crippen LogP contribution in [0.15, 0.2) is 30.5 Å². The standard InChI is InChI=1S/C40H58N10O10/c41-24-30-3-1-9-50(30)35(51)25-43-40(59)32-6-7-42-34-5-4-31(23-33(32)34)60-22-2-8-44-18-20-49(21-19-44)36(52)26-45-10-12-46(27-37(53)54)14-16-48(29-39(57)58)17-15-47(13-11-45)28-38(55)56/h4-7,23,30,40,43,59H,1-3,8-22,25-29H2,(H,53,54)(H,55,56)(H,57,58)/t30-,40?/m0/s1. The van der Waals surface area contributed by atoms with E-state index in [1.165, 1.54) is 0 Å². The number of carboxylic acid groups (broad SMARTS) is 3. The number of nitriles is 1. The van der Waals surface area contributed by atoms with E-state index in [2.05, 4.69) is 21.3 Å². The lowest BCUT2D eigenvalue weighted by molar-refractivity contribution is -0.141. The predicted octanol–water partition coefficient (Wildman–Crippen LogP) is -1.28. The molecule has 3 aliphatic rings. The van der Waals surface area contributed by atoms with Crippen molar-refractivity contribution in [1.82, 2.24) is 44.6 Å². The van der Waals surface area contributed by atoms with Crippen LogP contribution < -0.4 is 10.1 Å². The summed E-state index contributed by atoms with van der Waals surface area (Å²) in [6.07, 6.45) is 2.64. The fraction of sp³-hybridized carbons (Fsp3) is 0.625. The molecule has 0 radical (unpaired) electrons. The number of nitrogens with zero attached hydrogens (tertiary/aromatic N) is 9. The van der Waals surface area contributed by atoms with E-state index in [0.29, 0.717) is 120 Å². The lowest BCUT2D eigenvalue weighted by atomic mass is 10.1. The molecule has 4 heterocycles. The number of aliphatic carboxylic acids is 3. The number of ether oxygens (including phenoxy) is 1. The zero-order chi connectivity index (χ0) is 43.0. The van der Waals surface area contributed by atoms with Gasteiger partial charge in [0.25, 0.3) is 0 Å². The van der Waals surface area contributed by atoms with Gasteiger partial charge in [0.05, 0.1) is 50.9 Å². The lowest BCUT2D eigenvalue weighted by Crippen LogP contribution is -2.53. The van der Waals surface area contributed by atoms with E-state index in [1.54, 1.807) is 31.9 Å². The molecule has 5 rings (SSSR count). The highest BCUT2D eigenvalue weighted by molar-refractivity contribution is 5.84. The van der Waals surface area contributed by atoms with Gasteiger partial charge in [-0.3, -0.25) is 58.8 Å². The first kappa shape index (κ1) is 46.1. The molecule has 3 aliphatic heterocycles. The quantitative estimate of drug-likeness (QED) is 0.0920. The van der Waals surface area contributed by atoms with Crippen molar-refractivity contribution in [2.24, 2.45) is 0 Å². The van der Waals surface area contributed by atoms with Gasteiger partial charge in [-0.15, -0.1) is 0 Å². The summed E-state index contributed by atoms with van der Waals surface area (Å²) in [5, 5.41) is 52.3. The van der Waals surface area contributed by atoms with E-state index >= 15 is 0 Å². The van der Waals surface area contributed by atoms with E-state index in [-0.39, 0.29) is 44.5 Å². The van der Waals surface area contributed by atoms with Gasteiger partial charge in [-0.2, -0.15) is 5.26 Å². The first-order valence-electron chi connectivity index (χ1n) is 20.6. The van der Waals surface area contributed by atoms with Gasteiger partial charge in [0, 0.05) is 109 Å². The van der Waals surface area contributed by atoms with E-state index in [9.17, 15) is 49.7 Å². The first-order valence-corrected chi connectivity index (χ1v) is 20.6. The Morgan fingerprint density at radius 1 is 0.750 bits per heavy atom. The molecule has 3 fully saturated rings. The topological polar surface area (TPSA) is 247 Å². The summed E-state index contributed by atoms with van der Waals surface area (Å²) < 4.78 is 6.09. The van der Waals surface area contributed by atoms with Crippen molar-refractivity contribution in [1.29, 1.82) is 5.26 Å². The summed E-state index contributed by atoms with van der Waals surface area (Å²) in [4.78, 5) is 78.1. The van der Waals surface area contributed by atoms with Gasteiger partial charge >= 0.3 is 17.9 Å². The van der Waals surface area contributed by atoms with Gasteiger partial charge in [0.2, 0.25) is 11.8 Å². The first-order chi connectivity index (χ1) is 28.9. The number of benzene rings is 1. The monoisotopic (exact) mass is 838 g/mol. The van der Waals surface area contributed by atoms with Crippen molar-refractivity contribution in [3.8, 4) is 11.8 Å². The second-order valence-corrected chi connectivity index (χ2v) is 15.4. The highest BCUT2D eigenvalue weighted by Gasteiger charge is 2.29. The molecule has 0 spiro atoms. The highest BCUT2D eigenvalue weighted by Crippen LogP contribution is 2.26. The molecular formula is C40H58N10O10. The number of hydrogen-bond donors (Lipinski definition) is 5. The Balaban J connectivity index is 1.07. The Hall–Kier alpha value is -5.01. The molecule has 1 unspecified atom stereocenters. The van der Waals surface area contributed by atoms with Crippen molar-refractivity contribution >= 4 is 40.6 Å². The van der Waals surface area contributed by atoms with Crippen LogP contribution in [-0.2, 0) is 24.0 Å². The van der Waals surface area contributed by atoms with Gasteiger partial charge < -0.3 is 35.0 Å². The number of aliphatic hydroxyl groups is 1. The third-order valence-electron chi connectivity index (χ3n) is 11.2. The number of pyridine rings is 1.